The number of carbonyl (C=O) groups excluding carboxylic acids is 2. The number of anilines is 1. The lowest BCUT2D eigenvalue weighted by Gasteiger charge is -2.14. The van der Waals surface area contributed by atoms with Crippen LogP contribution in [-0.2, 0) is 29.2 Å². The molecule has 0 aromatic carbocycles. The molecule has 0 spiro atoms. The molecule has 2 aromatic heterocycles. The minimum absolute atomic E-state index is 0.00233. The van der Waals surface area contributed by atoms with E-state index < -0.39 is 18.6 Å². The van der Waals surface area contributed by atoms with Gasteiger partial charge in [0.1, 0.15) is 6.54 Å². The van der Waals surface area contributed by atoms with E-state index in [2.05, 4.69) is 15.5 Å². The van der Waals surface area contributed by atoms with Gasteiger partial charge < -0.3 is 10.2 Å². The van der Waals surface area contributed by atoms with Crippen molar-refractivity contribution in [1.29, 1.82) is 0 Å². The Labute approximate surface area is 159 Å². The summed E-state index contributed by atoms with van der Waals surface area (Å²) in [6.45, 7) is 3.66. The van der Waals surface area contributed by atoms with Crippen LogP contribution in [0.5, 0.6) is 0 Å². The minimum atomic E-state index is -4.40. The van der Waals surface area contributed by atoms with E-state index in [1.54, 1.807) is 4.68 Å². The largest absolute Gasteiger partial charge is 0.408 e. The predicted octanol–water partition coefficient (Wildman–Crippen LogP) is 1.64. The van der Waals surface area contributed by atoms with Crippen molar-refractivity contribution in [2.75, 3.05) is 11.4 Å². The second-order valence-corrected chi connectivity index (χ2v) is 6.73. The lowest BCUT2D eigenvalue weighted by molar-refractivity contribution is -0.142. The monoisotopic (exact) mass is 398 g/mol. The predicted molar refractivity (Wildman–Crippen MR) is 93.2 cm³/mol. The van der Waals surface area contributed by atoms with Gasteiger partial charge in [0, 0.05) is 25.7 Å². The molecule has 1 saturated heterocycles. The number of rotatable bonds is 6. The highest BCUT2D eigenvalue weighted by Gasteiger charge is 2.36. The number of aromatic nitrogens is 4. The number of aryl methyl sites for hydroxylation is 2. The highest BCUT2D eigenvalue weighted by molar-refractivity contribution is 6.00. The number of nitrogens with one attached hydrogen (secondary N) is 1. The molecule has 0 saturated carbocycles. The molecule has 152 valence electrons. The number of carbonyl (C=O) groups is 2. The third-order valence-corrected chi connectivity index (χ3v) is 4.50. The van der Waals surface area contributed by atoms with Crippen LogP contribution in [0.3, 0.4) is 0 Å². The van der Waals surface area contributed by atoms with Crippen LogP contribution in [0.25, 0.3) is 0 Å². The van der Waals surface area contributed by atoms with E-state index in [0.717, 1.165) is 22.3 Å². The zero-order valence-corrected chi connectivity index (χ0v) is 15.5. The Balaban J connectivity index is 1.60. The van der Waals surface area contributed by atoms with Crippen LogP contribution in [-0.4, -0.2) is 44.1 Å². The van der Waals surface area contributed by atoms with E-state index in [-0.39, 0.29) is 30.5 Å². The summed E-state index contributed by atoms with van der Waals surface area (Å²) in [7, 11) is 0. The molecule has 3 rings (SSSR count). The van der Waals surface area contributed by atoms with Gasteiger partial charge in [-0.05, 0) is 19.9 Å². The van der Waals surface area contributed by atoms with Crippen LogP contribution in [0.1, 0.15) is 24.7 Å². The smallest absolute Gasteiger partial charge is 0.350 e. The SMILES string of the molecule is CCn1nc(C)cc1CNC(=O)[C@@H]1CC(=O)N(c2cnn(CC(F)(F)F)c2)C1. The molecule has 1 aliphatic heterocycles. The van der Waals surface area contributed by atoms with E-state index in [0.29, 0.717) is 13.1 Å². The quantitative estimate of drug-likeness (QED) is 0.802. The normalized spacial score (nSPS) is 17.4. The van der Waals surface area contributed by atoms with Gasteiger partial charge in [0.2, 0.25) is 11.8 Å². The number of amides is 2. The molecule has 1 N–H and O–H groups in total. The summed E-state index contributed by atoms with van der Waals surface area (Å²) in [4.78, 5) is 26.0. The number of hydrogen-bond donors (Lipinski definition) is 1. The topological polar surface area (TPSA) is 85.1 Å². The second kappa shape index (κ2) is 7.64. The average Bonchev–Trinajstić information content (AvgIpc) is 3.29. The molecule has 0 aliphatic carbocycles. The molecular formula is C17H21F3N6O2. The molecule has 2 amide bonds. The van der Waals surface area contributed by atoms with Crippen LogP contribution < -0.4 is 10.2 Å². The summed E-state index contributed by atoms with van der Waals surface area (Å²) >= 11 is 0. The lowest BCUT2D eigenvalue weighted by atomic mass is 10.1. The number of halogens is 3. The summed E-state index contributed by atoms with van der Waals surface area (Å²) < 4.78 is 39.9. The summed E-state index contributed by atoms with van der Waals surface area (Å²) in [5.41, 5.74) is 1.97. The van der Waals surface area contributed by atoms with Gasteiger partial charge in [-0.15, -0.1) is 0 Å². The number of nitrogens with zero attached hydrogens (tertiary/aromatic N) is 5. The van der Waals surface area contributed by atoms with Crippen molar-refractivity contribution < 1.29 is 22.8 Å². The maximum atomic E-state index is 12.5. The maximum Gasteiger partial charge on any atom is 0.408 e. The fraction of sp³-hybridized carbons (Fsp3) is 0.529. The molecule has 1 aliphatic rings. The van der Waals surface area contributed by atoms with Gasteiger partial charge in [-0.3, -0.25) is 19.0 Å². The van der Waals surface area contributed by atoms with Crippen molar-refractivity contribution in [2.45, 2.75) is 46.1 Å². The minimum Gasteiger partial charge on any atom is -0.350 e. The summed E-state index contributed by atoms with van der Waals surface area (Å²) in [5.74, 6) is -1.17. The van der Waals surface area contributed by atoms with Gasteiger partial charge in [-0.25, -0.2) is 0 Å². The Bertz CT molecular complexity index is 873. The van der Waals surface area contributed by atoms with Crippen LogP contribution in [0.15, 0.2) is 18.5 Å². The highest BCUT2D eigenvalue weighted by atomic mass is 19.4. The average molecular weight is 398 g/mol. The Kier molecular flexibility index (Phi) is 5.43. The molecule has 0 bridgehead atoms. The molecule has 3 heterocycles. The highest BCUT2D eigenvalue weighted by Crippen LogP contribution is 2.26. The van der Waals surface area contributed by atoms with E-state index in [1.165, 1.54) is 11.1 Å². The standard InChI is InChI=1S/C17H21F3N6O2/c1-3-26-13(4-11(2)23-26)6-21-16(28)12-5-15(27)25(8-12)14-7-22-24(9-14)10-17(18,19)20/h4,7,9,12H,3,5-6,8,10H2,1-2H3,(H,21,28)/t12-/m1/s1. The van der Waals surface area contributed by atoms with Crippen LogP contribution in [0, 0.1) is 12.8 Å². The zero-order chi connectivity index (χ0) is 20.5. The van der Waals surface area contributed by atoms with Gasteiger partial charge in [-0.1, -0.05) is 0 Å². The molecule has 0 unspecified atom stereocenters. The maximum absolute atomic E-state index is 12.5. The molecule has 2 aromatic rings. The van der Waals surface area contributed by atoms with Gasteiger partial charge in [0.25, 0.3) is 0 Å². The van der Waals surface area contributed by atoms with Crippen LogP contribution in [0.2, 0.25) is 0 Å². The van der Waals surface area contributed by atoms with E-state index in [1.807, 2.05) is 19.9 Å². The molecule has 28 heavy (non-hydrogen) atoms. The first-order valence-electron chi connectivity index (χ1n) is 8.87. The molecule has 1 fully saturated rings. The number of hydrogen-bond acceptors (Lipinski definition) is 4. The first-order valence-corrected chi connectivity index (χ1v) is 8.87. The van der Waals surface area contributed by atoms with Gasteiger partial charge in [0.15, 0.2) is 0 Å². The fourth-order valence-corrected chi connectivity index (χ4v) is 3.23. The Morgan fingerprint density at radius 3 is 2.82 bits per heavy atom. The third-order valence-electron chi connectivity index (χ3n) is 4.50. The van der Waals surface area contributed by atoms with E-state index in [4.69, 9.17) is 0 Å². The molecule has 11 heteroatoms. The lowest BCUT2D eigenvalue weighted by Crippen LogP contribution is -2.33. The van der Waals surface area contributed by atoms with Crippen molar-refractivity contribution in [3.05, 3.63) is 29.8 Å². The Hall–Kier alpha value is -2.85. The zero-order valence-electron chi connectivity index (χ0n) is 15.5. The first kappa shape index (κ1) is 19.9. The van der Waals surface area contributed by atoms with Gasteiger partial charge in [0.05, 0.1) is 35.7 Å². The van der Waals surface area contributed by atoms with E-state index in [9.17, 15) is 22.8 Å². The Morgan fingerprint density at radius 1 is 1.39 bits per heavy atom. The summed E-state index contributed by atoms with van der Waals surface area (Å²) in [6.07, 6.45) is -2.03. The van der Waals surface area contributed by atoms with Crippen molar-refractivity contribution in [3.63, 3.8) is 0 Å². The van der Waals surface area contributed by atoms with Crippen LogP contribution >= 0.6 is 0 Å². The summed E-state index contributed by atoms with van der Waals surface area (Å²) in [6, 6.07) is 1.88. The van der Waals surface area contributed by atoms with Crippen molar-refractivity contribution in [2.24, 2.45) is 5.92 Å². The van der Waals surface area contributed by atoms with Crippen molar-refractivity contribution in [1.82, 2.24) is 24.9 Å². The molecule has 0 radical (unpaired) electrons. The second-order valence-electron chi connectivity index (χ2n) is 6.73. The van der Waals surface area contributed by atoms with Crippen LogP contribution in [0.4, 0.5) is 18.9 Å². The molecular weight excluding hydrogens is 377 g/mol. The third kappa shape index (κ3) is 4.52. The molecule has 1 atom stereocenters. The summed E-state index contributed by atoms with van der Waals surface area (Å²) in [5, 5.41) is 10.8. The van der Waals surface area contributed by atoms with Gasteiger partial charge >= 0.3 is 6.18 Å². The van der Waals surface area contributed by atoms with Crippen molar-refractivity contribution >= 4 is 17.5 Å². The Morgan fingerprint density at radius 2 is 2.14 bits per heavy atom. The number of alkyl halides is 3. The van der Waals surface area contributed by atoms with Gasteiger partial charge in [-0.2, -0.15) is 23.4 Å². The van der Waals surface area contributed by atoms with Crippen molar-refractivity contribution in [3.8, 4) is 0 Å². The van der Waals surface area contributed by atoms with E-state index >= 15 is 0 Å². The first-order chi connectivity index (χ1) is 13.2. The fourth-order valence-electron chi connectivity index (χ4n) is 3.23. The molecule has 8 nitrogen and oxygen atoms in total.